The lowest BCUT2D eigenvalue weighted by atomic mass is 10.2. The fourth-order valence-corrected chi connectivity index (χ4v) is 2.12. The summed E-state index contributed by atoms with van der Waals surface area (Å²) in [4.78, 5) is 13.5. The number of amides is 1. The maximum atomic E-state index is 11.9. The van der Waals surface area contributed by atoms with E-state index in [-0.39, 0.29) is 5.91 Å². The van der Waals surface area contributed by atoms with Crippen LogP contribution >= 0.6 is 11.6 Å². The minimum Gasteiger partial charge on any atom is -0.495 e. The molecule has 4 nitrogen and oxygen atoms in total. The molecule has 0 aromatic heterocycles. The second-order valence-corrected chi connectivity index (χ2v) is 4.57. The second kappa shape index (κ2) is 4.55. The highest BCUT2D eigenvalue weighted by Gasteiger charge is 2.31. The molecule has 5 heteroatoms. The predicted octanol–water partition coefficient (Wildman–Crippen LogP) is 1.72. The number of anilines is 1. The minimum absolute atomic E-state index is 0.0648. The first-order chi connectivity index (χ1) is 8.04. The molecule has 1 aliphatic rings. The zero-order valence-electron chi connectivity index (χ0n) is 9.87. The number of hydrogen-bond acceptors (Lipinski definition) is 3. The van der Waals surface area contributed by atoms with Gasteiger partial charge in [-0.25, -0.2) is 0 Å². The fourth-order valence-electron chi connectivity index (χ4n) is 1.96. The minimum atomic E-state index is -0.407. The second-order valence-electron chi connectivity index (χ2n) is 4.16. The van der Waals surface area contributed by atoms with E-state index in [0.717, 1.165) is 11.3 Å². The molecule has 1 unspecified atom stereocenters. The van der Waals surface area contributed by atoms with E-state index < -0.39 is 6.04 Å². The van der Waals surface area contributed by atoms with Crippen molar-refractivity contribution < 1.29 is 9.53 Å². The van der Waals surface area contributed by atoms with Gasteiger partial charge in [-0.05, 0) is 25.0 Å². The van der Waals surface area contributed by atoms with Crippen molar-refractivity contribution in [2.45, 2.75) is 19.4 Å². The van der Waals surface area contributed by atoms with E-state index >= 15 is 0 Å². The first kappa shape index (κ1) is 12.2. The molecule has 2 N–H and O–H groups in total. The van der Waals surface area contributed by atoms with Crippen molar-refractivity contribution in [3.63, 3.8) is 0 Å². The lowest BCUT2D eigenvalue weighted by molar-refractivity contribution is -0.118. The normalized spacial score (nSPS) is 19.9. The van der Waals surface area contributed by atoms with Crippen LogP contribution in [0.25, 0.3) is 0 Å². The number of ether oxygens (including phenoxy) is 1. The summed E-state index contributed by atoms with van der Waals surface area (Å²) in [5, 5.41) is 0.626. The van der Waals surface area contributed by atoms with Gasteiger partial charge in [0.2, 0.25) is 5.91 Å². The van der Waals surface area contributed by atoms with Crippen molar-refractivity contribution in [2.75, 3.05) is 18.6 Å². The Hall–Kier alpha value is -1.26. The Bertz CT molecular complexity index is 462. The van der Waals surface area contributed by atoms with Crippen molar-refractivity contribution in [3.05, 3.63) is 22.7 Å². The van der Waals surface area contributed by atoms with Crippen molar-refractivity contribution in [1.29, 1.82) is 0 Å². The standard InChI is InChI=1S/C12H15ClN2O2/c1-7-5-10(11(17-2)6-8(7)13)15-4-3-9(14)12(15)16/h5-6,9H,3-4,14H2,1-2H3. The molecule has 0 spiro atoms. The van der Waals surface area contributed by atoms with Gasteiger partial charge in [0.25, 0.3) is 0 Å². The van der Waals surface area contributed by atoms with E-state index in [1.165, 1.54) is 0 Å². The number of halogens is 1. The van der Waals surface area contributed by atoms with Crippen molar-refractivity contribution in [3.8, 4) is 5.75 Å². The Balaban J connectivity index is 2.44. The molecule has 0 saturated carbocycles. The molecule has 1 aliphatic heterocycles. The maximum absolute atomic E-state index is 11.9. The van der Waals surface area contributed by atoms with Crippen LogP contribution < -0.4 is 15.4 Å². The first-order valence-corrected chi connectivity index (χ1v) is 5.83. The lowest BCUT2D eigenvalue weighted by Gasteiger charge is -2.20. The zero-order valence-corrected chi connectivity index (χ0v) is 10.6. The average Bonchev–Trinajstić information content (AvgIpc) is 2.63. The molecule has 2 rings (SSSR count). The lowest BCUT2D eigenvalue weighted by Crippen LogP contribution is -2.34. The van der Waals surface area contributed by atoms with Crippen LogP contribution in [-0.2, 0) is 4.79 Å². The van der Waals surface area contributed by atoms with Gasteiger partial charge < -0.3 is 15.4 Å². The number of rotatable bonds is 2. The Kier molecular flexibility index (Phi) is 3.26. The number of nitrogens with zero attached hydrogens (tertiary/aromatic N) is 1. The van der Waals surface area contributed by atoms with E-state index in [2.05, 4.69) is 0 Å². The summed E-state index contributed by atoms with van der Waals surface area (Å²) < 4.78 is 5.26. The van der Waals surface area contributed by atoms with Gasteiger partial charge in [-0.15, -0.1) is 0 Å². The van der Waals surface area contributed by atoms with Gasteiger partial charge in [0.05, 0.1) is 18.8 Å². The van der Waals surface area contributed by atoms with Crippen LogP contribution in [0.1, 0.15) is 12.0 Å². The van der Waals surface area contributed by atoms with E-state index in [4.69, 9.17) is 22.1 Å². The Morgan fingerprint density at radius 3 is 2.76 bits per heavy atom. The van der Waals surface area contributed by atoms with Crippen LogP contribution in [0.4, 0.5) is 5.69 Å². The van der Waals surface area contributed by atoms with Gasteiger partial charge >= 0.3 is 0 Å². The van der Waals surface area contributed by atoms with Crippen molar-refractivity contribution >= 4 is 23.2 Å². The third-order valence-corrected chi connectivity index (χ3v) is 3.41. The van der Waals surface area contributed by atoms with Gasteiger partial charge in [0.15, 0.2) is 0 Å². The molecular formula is C12H15ClN2O2. The number of nitrogens with two attached hydrogens (primary N) is 1. The molecule has 1 atom stereocenters. The van der Waals surface area contributed by atoms with E-state index in [9.17, 15) is 4.79 Å². The molecule has 92 valence electrons. The fraction of sp³-hybridized carbons (Fsp3) is 0.417. The van der Waals surface area contributed by atoms with Crippen LogP contribution in [0.3, 0.4) is 0 Å². The van der Waals surface area contributed by atoms with Gasteiger partial charge in [0.1, 0.15) is 5.75 Å². The molecule has 1 aromatic carbocycles. The molecule has 1 heterocycles. The van der Waals surface area contributed by atoms with Crippen LogP contribution in [0, 0.1) is 6.92 Å². The summed E-state index contributed by atoms with van der Waals surface area (Å²) in [6, 6.07) is 3.18. The number of methoxy groups -OCH3 is 1. The first-order valence-electron chi connectivity index (χ1n) is 5.45. The largest absolute Gasteiger partial charge is 0.495 e. The summed E-state index contributed by atoms with van der Waals surface area (Å²) in [6.45, 7) is 2.52. The third-order valence-electron chi connectivity index (χ3n) is 3.00. The Labute approximate surface area is 105 Å². The zero-order chi connectivity index (χ0) is 12.6. The van der Waals surface area contributed by atoms with Crippen LogP contribution in [-0.4, -0.2) is 25.6 Å². The number of hydrogen-bond donors (Lipinski definition) is 1. The molecule has 17 heavy (non-hydrogen) atoms. The van der Waals surface area contributed by atoms with Gasteiger partial charge in [-0.3, -0.25) is 4.79 Å². The highest BCUT2D eigenvalue weighted by molar-refractivity contribution is 6.31. The molecule has 1 saturated heterocycles. The number of carbonyl (C=O) groups excluding carboxylic acids is 1. The van der Waals surface area contributed by atoms with E-state index in [1.54, 1.807) is 18.1 Å². The molecule has 0 radical (unpaired) electrons. The Morgan fingerprint density at radius 2 is 2.24 bits per heavy atom. The SMILES string of the molecule is COc1cc(Cl)c(C)cc1N1CCC(N)C1=O. The summed E-state index contributed by atoms with van der Waals surface area (Å²) in [7, 11) is 1.56. The number of benzene rings is 1. The summed E-state index contributed by atoms with van der Waals surface area (Å²) in [5.74, 6) is 0.535. The van der Waals surface area contributed by atoms with Crippen LogP contribution in [0.5, 0.6) is 5.75 Å². The van der Waals surface area contributed by atoms with Crippen LogP contribution in [0.2, 0.25) is 5.02 Å². The van der Waals surface area contributed by atoms with Gasteiger partial charge in [0, 0.05) is 17.6 Å². The van der Waals surface area contributed by atoms with Gasteiger partial charge in [-0.1, -0.05) is 11.6 Å². The molecule has 0 aliphatic carbocycles. The maximum Gasteiger partial charge on any atom is 0.244 e. The quantitative estimate of drug-likeness (QED) is 0.874. The highest BCUT2D eigenvalue weighted by Crippen LogP contribution is 2.35. The summed E-state index contributed by atoms with van der Waals surface area (Å²) >= 11 is 6.03. The number of aryl methyl sites for hydroxylation is 1. The van der Waals surface area contributed by atoms with E-state index in [0.29, 0.717) is 23.7 Å². The topological polar surface area (TPSA) is 55.6 Å². The van der Waals surface area contributed by atoms with Crippen molar-refractivity contribution in [2.24, 2.45) is 5.73 Å². The van der Waals surface area contributed by atoms with Crippen LogP contribution in [0.15, 0.2) is 12.1 Å². The molecule has 1 fully saturated rings. The van der Waals surface area contributed by atoms with E-state index in [1.807, 2.05) is 13.0 Å². The van der Waals surface area contributed by atoms with Gasteiger partial charge in [-0.2, -0.15) is 0 Å². The Morgan fingerprint density at radius 1 is 1.53 bits per heavy atom. The monoisotopic (exact) mass is 254 g/mol. The predicted molar refractivity (Wildman–Crippen MR) is 67.7 cm³/mol. The summed E-state index contributed by atoms with van der Waals surface area (Å²) in [6.07, 6.45) is 0.670. The molecular weight excluding hydrogens is 240 g/mol. The van der Waals surface area contributed by atoms with Crippen molar-refractivity contribution in [1.82, 2.24) is 0 Å². The third kappa shape index (κ3) is 2.10. The number of carbonyl (C=O) groups is 1. The molecule has 1 amide bonds. The summed E-state index contributed by atoms with van der Waals surface area (Å²) in [5.41, 5.74) is 7.36. The molecule has 1 aromatic rings. The molecule has 0 bridgehead atoms. The highest BCUT2D eigenvalue weighted by atomic mass is 35.5. The average molecular weight is 255 g/mol. The smallest absolute Gasteiger partial charge is 0.244 e.